The van der Waals surface area contributed by atoms with Crippen LogP contribution in [-0.4, -0.2) is 52.7 Å². The number of fused-ring (bicyclic) bond motifs is 2. The summed E-state index contributed by atoms with van der Waals surface area (Å²) in [7, 11) is 1.80. The number of hydrogen-bond donors (Lipinski definition) is 1. The fourth-order valence-electron chi connectivity index (χ4n) is 4.57. The maximum absolute atomic E-state index is 14.2. The smallest absolute Gasteiger partial charge is 0.256 e. The van der Waals surface area contributed by atoms with Gasteiger partial charge in [-0.1, -0.05) is 0 Å². The first kappa shape index (κ1) is 23.4. The average Bonchev–Trinajstić information content (AvgIpc) is 3.50. The van der Waals surface area contributed by atoms with Crippen LogP contribution in [0.3, 0.4) is 0 Å². The average molecular weight is 513 g/mol. The van der Waals surface area contributed by atoms with E-state index in [9.17, 15) is 14.0 Å². The Hall–Kier alpha value is -5.00. The molecule has 0 unspecified atom stereocenters. The molecule has 1 aliphatic rings. The molecule has 5 aromatic rings. The normalized spacial score (nSPS) is 13.1. The third-order valence-corrected chi connectivity index (χ3v) is 6.34. The summed E-state index contributed by atoms with van der Waals surface area (Å²) in [5.74, 6) is -0.383. The van der Waals surface area contributed by atoms with Gasteiger partial charge in [0, 0.05) is 37.2 Å². The van der Waals surface area contributed by atoms with Crippen LogP contribution in [0.2, 0.25) is 0 Å². The molecule has 5 heterocycles. The maximum Gasteiger partial charge on any atom is 0.256 e. The second-order valence-electron chi connectivity index (χ2n) is 9.10. The van der Waals surface area contributed by atoms with Crippen molar-refractivity contribution in [2.24, 2.45) is 7.05 Å². The van der Waals surface area contributed by atoms with E-state index >= 15 is 0 Å². The third kappa shape index (κ3) is 4.36. The van der Waals surface area contributed by atoms with E-state index < -0.39 is 0 Å². The fourth-order valence-corrected chi connectivity index (χ4v) is 4.57. The molecule has 0 atom stereocenters. The molecule has 0 spiro atoms. The molecule has 0 radical (unpaired) electrons. The second-order valence-corrected chi connectivity index (χ2v) is 9.10. The van der Waals surface area contributed by atoms with Crippen LogP contribution in [0.15, 0.2) is 61.2 Å². The zero-order valence-electron chi connectivity index (χ0n) is 20.7. The number of rotatable bonds is 5. The van der Waals surface area contributed by atoms with E-state index in [0.717, 1.165) is 0 Å². The topological polar surface area (TPSA) is 114 Å². The number of anilines is 1. The third-order valence-electron chi connectivity index (χ3n) is 6.34. The Morgan fingerprint density at radius 1 is 1.21 bits per heavy atom. The van der Waals surface area contributed by atoms with Gasteiger partial charge in [-0.15, -0.1) is 9.36 Å². The number of nitrogens with zero attached hydrogens (tertiary/aromatic N) is 8. The summed E-state index contributed by atoms with van der Waals surface area (Å²) < 4.78 is 19.1. The molecule has 2 amide bonds. The Bertz CT molecular complexity index is 1730. The Balaban J connectivity index is 1.30. The van der Waals surface area contributed by atoms with Crippen molar-refractivity contribution >= 4 is 23.3 Å². The molecule has 4 aromatic heterocycles. The second kappa shape index (κ2) is 9.14. The van der Waals surface area contributed by atoms with Crippen molar-refractivity contribution < 1.29 is 18.7 Å². The number of benzene rings is 1. The maximum atomic E-state index is 14.2. The molecule has 0 saturated heterocycles. The van der Waals surface area contributed by atoms with Crippen LogP contribution in [0.1, 0.15) is 28.5 Å². The van der Waals surface area contributed by atoms with Crippen molar-refractivity contribution in [3.63, 3.8) is 0 Å². The number of imidazole rings is 1. The molecule has 6 rings (SSSR count). The highest BCUT2D eigenvalue weighted by molar-refractivity contribution is 5.97. The summed E-state index contributed by atoms with van der Waals surface area (Å²) in [4.78, 5) is 35.5. The molecular formula is C26H23FN9O2+. The Labute approximate surface area is 216 Å². The molecule has 38 heavy (non-hydrogen) atoms. The number of aromatic nitrogens is 7. The number of carbonyl (C=O) groups is 2. The monoisotopic (exact) mass is 512 g/mol. The highest BCUT2D eigenvalue weighted by Crippen LogP contribution is 2.26. The van der Waals surface area contributed by atoms with E-state index in [1.807, 2.05) is 0 Å². The first-order chi connectivity index (χ1) is 18.3. The molecule has 1 N–H and O–H groups in total. The molecule has 0 bridgehead atoms. The van der Waals surface area contributed by atoms with Crippen molar-refractivity contribution in [3.05, 3.63) is 83.8 Å². The Morgan fingerprint density at radius 3 is 2.87 bits per heavy atom. The van der Waals surface area contributed by atoms with Gasteiger partial charge >= 0.3 is 0 Å². The molecule has 190 valence electrons. The highest BCUT2D eigenvalue weighted by atomic mass is 19.1. The number of amides is 2. The first-order valence-corrected chi connectivity index (χ1v) is 12.0. The van der Waals surface area contributed by atoms with E-state index in [-0.39, 0.29) is 24.2 Å². The van der Waals surface area contributed by atoms with Crippen LogP contribution in [0, 0.1) is 5.82 Å². The van der Waals surface area contributed by atoms with Crippen molar-refractivity contribution in [1.29, 1.82) is 0 Å². The van der Waals surface area contributed by atoms with Crippen molar-refractivity contribution in [1.82, 2.24) is 34.4 Å². The van der Waals surface area contributed by atoms with Crippen LogP contribution in [0.4, 0.5) is 10.2 Å². The van der Waals surface area contributed by atoms with Crippen LogP contribution in [0.25, 0.3) is 22.6 Å². The molecule has 0 saturated carbocycles. The van der Waals surface area contributed by atoms with Gasteiger partial charge in [0.05, 0.1) is 34.9 Å². The van der Waals surface area contributed by atoms with Gasteiger partial charge in [-0.05, 0) is 36.4 Å². The number of carbonyl (C=O) groups excluding carboxylic acids is 2. The minimum Gasteiger partial charge on any atom is -0.334 e. The van der Waals surface area contributed by atoms with Gasteiger partial charge in [-0.2, -0.15) is 5.10 Å². The summed E-state index contributed by atoms with van der Waals surface area (Å²) in [6.45, 7) is 2.10. The Kier molecular flexibility index (Phi) is 5.63. The lowest BCUT2D eigenvalue weighted by atomic mass is 10.0. The predicted octanol–water partition coefficient (Wildman–Crippen LogP) is 2.10. The van der Waals surface area contributed by atoms with E-state index in [1.165, 1.54) is 19.1 Å². The van der Waals surface area contributed by atoms with E-state index in [4.69, 9.17) is 0 Å². The standard InChI is InChI=1S/C26H22FN9O2/c1-16(37)29-24-15-36-25(30-24)6-4-21(31-36)17-12-20-22(28-13-17)7-8-34(26(20)38)14-18-11-19(27)3-5-23(18)35-10-9-33(2)32-35/h3-6,9-13,15H,7-8,14H2,1-2H3/p+1. The number of nitrogens with one attached hydrogen (secondary N) is 1. The van der Waals surface area contributed by atoms with Crippen LogP contribution in [0.5, 0.6) is 0 Å². The lowest BCUT2D eigenvalue weighted by Crippen LogP contribution is -2.38. The molecule has 11 nitrogen and oxygen atoms in total. The number of aryl methyl sites for hydroxylation is 1. The number of hydrogen-bond acceptors (Lipinski definition) is 6. The molecule has 0 fully saturated rings. The summed E-state index contributed by atoms with van der Waals surface area (Å²) in [6.07, 6.45) is 7.47. The zero-order chi connectivity index (χ0) is 26.4. The molecule has 0 aliphatic carbocycles. The van der Waals surface area contributed by atoms with Crippen LogP contribution < -0.4 is 10.00 Å². The summed E-state index contributed by atoms with van der Waals surface area (Å²) >= 11 is 0. The molecule has 1 aliphatic heterocycles. The van der Waals surface area contributed by atoms with Gasteiger partial charge in [0.15, 0.2) is 29.5 Å². The van der Waals surface area contributed by atoms with Crippen molar-refractivity contribution in [3.8, 4) is 16.9 Å². The Morgan fingerprint density at radius 2 is 2.08 bits per heavy atom. The quantitative estimate of drug-likeness (QED) is 0.361. The van der Waals surface area contributed by atoms with Crippen LogP contribution in [-0.2, 0) is 24.8 Å². The minimum atomic E-state index is -0.378. The number of halogens is 1. The van der Waals surface area contributed by atoms with E-state index in [0.29, 0.717) is 58.2 Å². The lowest BCUT2D eigenvalue weighted by Gasteiger charge is -2.28. The van der Waals surface area contributed by atoms with Gasteiger partial charge in [0.2, 0.25) is 5.91 Å². The molecule has 1 aromatic carbocycles. The first-order valence-electron chi connectivity index (χ1n) is 12.0. The van der Waals surface area contributed by atoms with E-state index in [2.05, 4.69) is 25.6 Å². The lowest BCUT2D eigenvalue weighted by molar-refractivity contribution is -0.731. The highest BCUT2D eigenvalue weighted by Gasteiger charge is 2.28. The summed E-state index contributed by atoms with van der Waals surface area (Å²) in [5.41, 5.74) is 4.40. The van der Waals surface area contributed by atoms with Gasteiger partial charge in [-0.3, -0.25) is 14.6 Å². The molecular weight excluding hydrogens is 489 g/mol. The SMILES string of the molecule is CC(=O)Nc1cn2nc(-c3cnc4c(c3)C(=O)N(Cc3cc(F)ccc3-n3cc[n+](C)n3)CC4)ccc2n1. The summed E-state index contributed by atoms with van der Waals surface area (Å²) in [6, 6.07) is 9.84. The largest absolute Gasteiger partial charge is 0.334 e. The molecule has 12 heteroatoms. The minimum absolute atomic E-state index is 0.182. The van der Waals surface area contributed by atoms with Gasteiger partial charge in [0.25, 0.3) is 5.91 Å². The fraction of sp³-hybridized carbons (Fsp3) is 0.192. The van der Waals surface area contributed by atoms with Gasteiger partial charge < -0.3 is 10.2 Å². The van der Waals surface area contributed by atoms with E-state index in [1.54, 1.807) is 74.9 Å². The van der Waals surface area contributed by atoms with Gasteiger partial charge in [0.1, 0.15) is 12.9 Å². The van der Waals surface area contributed by atoms with Crippen LogP contribution >= 0.6 is 0 Å². The van der Waals surface area contributed by atoms with Gasteiger partial charge in [-0.25, -0.2) is 13.9 Å². The van der Waals surface area contributed by atoms with Crippen molar-refractivity contribution in [2.45, 2.75) is 19.9 Å². The summed E-state index contributed by atoms with van der Waals surface area (Å²) in [5, 5.41) is 11.6. The van der Waals surface area contributed by atoms with Crippen molar-refractivity contribution in [2.75, 3.05) is 11.9 Å². The predicted molar refractivity (Wildman–Crippen MR) is 134 cm³/mol. The zero-order valence-corrected chi connectivity index (χ0v) is 20.7. The number of pyridine rings is 1.